The van der Waals surface area contributed by atoms with Gasteiger partial charge in [-0.3, -0.25) is 4.79 Å². The lowest BCUT2D eigenvalue weighted by Crippen LogP contribution is -2.52. The third-order valence-corrected chi connectivity index (χ3v) is 4.05. The van der Waals surface area contributed by atoms with E-state index in [1.807, 2.05) is 0 Å². The highest BCUT2D eigenvalue weighted by Gasteiger charge is 2.41. The Kier molecular flexibility index (Phi) is 15.4. The lowest BCUT2D eigenvalue weighted by atomic mass is 10.0. The van der Waals surface area contributed by atoms with E-state index in [0.717, 1.165) is 0 Å². The van der Waals surface area contributed by atoms with Crippen molar-refractivity contribution < 1.29 is 48.6 Å². The maximum Gasteiger partial charge on any atom is 0.333 e. The predicted octanol–water partition coefficient (Wildman–Crippen LogP) is -0.482. The number of nitrogens with one attached hydrogen (secondary N) is 2. The minimum atomic E-state index is -1.68. The van der Waals surface area contributed by atoms with Crippen molar-refractivity contribution in [3.05, 3.63) is 36.6 Å². The second kappa shape index (κ2) is 16.8. The molecule has 0 aliphatic heterocycles. The Morgan fingerprint density at radius 1 is 0.853 bits per heavy atom. The molecule has 34 heavy (non-hydrogen) atoms. The third-order valence-electron chi connectivity index (χ3n) is 4.05. The Hall–Kier alpha value is -2.77. The number of carbonyl (C=O) groups excluding carboxylic acids is 3. The molecule has 194 valence electrons. The summed E-state index contributed by atoms with van der Waals surface area (Å²) >= 11 is 0. The molecule has 12 nitrogen and oxygen atoms in total. The molecule has 0 rings (SSSR count). The van der Waals surface area contributed by atoms with E-state index in [2.05, 4.69) is 30.4 Å². The Morgan fingerprint density at radius 3 is 1.79 bits per heavy atom. The van der Waals surface area contributed by atoms with E-state index in [1.54, 1.807) is 14.1 Å². The first-order chi connectivity index (χ1) is 15.9. The van der Waals surface area contributed by atoms with Crippen molar-refractivity contribution in [2.45, 2.75) is 44.7 Å². The van der Waals surface area contributed by atoms with Crippen LogP contribution >= 0.6 is 0 Å². The summed E-state index contributed by atoms with van der Waals surface area (Å²) in [6, 6.07) is 0. The zero-order valence-electron chi connectivity index (χ0n) is 20.1. The van der Waals surface area contributed by atoms with Crippen LogP contribution in [0.4, 0.5) is 0 Å². The quantitative estimate of drug-likeness (QED) is 0.0490. The zero-order valence-corrected chi connectivity index (χ0v) is 20.1. The SMILES string of the molecule is C=C(CNC)OOCC(O)C(OC(=O)C(=C)C)C(OC(=O)C(=C)C)C(O)COC(=O)CCNC. The van der Waals surface area contributed by atoms with Gasteiger partial charge in [-0.2, -0.15) is 4.89 Å². The number of esters is 3. The number of rotatable bonds is 18. The number of hydrogen-bond donors (Lipinski definition) is 4. The Bertz CT molecular complexity index is 724. The molecule has 0 amide bonds. The van der Waals surface area contributed by atoms with Crippen LogP contribution in [0.5, 0.6) is 0 Å². The fourth-order valence-corrected chi connectivity index (χ4v) is 2.26. The van der Waals surface area contributed by atoms with Crippen molar-refractivity contribution in [3.63, 3.8) is 0 Å². The smallest absolute Gasteiger partial charge is 0.333 e. The van der Waals surface area contributed by atoms with Gasteiger partial charge in [-0.1, -0.05) is 19.7 Å². The van der Waals surface area contributed by atoms with Crippen molar-refractivity contribution in [2.75, 3.05) is 40.4 Å². The average Bonchev–Trinajstić information content (AvgIpc) is 2.77. The van der Waals surface area contributed by atoms with E-state index in [4.69, 9.17) is 24.0 Å². The van der Waals surface area contributed by atoms with Crippen LogP contribution in [0.15, 0.2) is 36.6 Å². The number of ether oxygens (including phenoxy) is 3. The van der Waals surface area contributed by atoms with E-state index in [-0.39, 0.29) is 29.9 Å². The molecule has 0 aromatic carbocycles. The maximum atomic E-state index is 12.2. The van der Waals surface area contributed by atoms with Gasteiger partial charge in [0.05, 0.1) is 13.0 Å². The van der Waals surface area contributed by atoms with Crippen LogP contribution in [-0.2, 0) is 38.4 Å². The Balaban J connectivity index is 5.68. The average molecular weight is 489 g/mol. The first-order valence-corrected chi connectivity index (χ1v) is 10.5. The van der Waals surface area contributed by atoms with E-state index in [9.17, 15) is 24.6 Å². The molecule has 4 unspecified atom stereocenters. The number of likely N-dealkylation sites (N-methyl/N-ethyl adjacent to an activating group) is 1. The molecule has 0 aliphatic carbocycles. The summed E-state index contributed by atoms with van der Waals surface area (Å²) in [5.41, 5.74) is -0.0413. The van der Waals surface area contributed by atoms with Gasteiger partial charge >= 0.3 is 17.9 Å². The normalized spacial score (nSPS) is 14.2. The lowest BCUT2D eigenvalue weighted by molar-refractivity contribution is -0.284. The number of aliphatic hydroxyl groups excluding tert-OH is 2. The Morgan fingerprint density at radius 2 is 1.35 bits per heavy atom. The second-order valence-electron chi connectivity index (χ2n) is 7.41. The van der Waals surface area contributed by atoms with E-state index in [0.29, 0.717) is 6.54 Å². The summed E-state index contributed by atoms with van der Waals surface area (Å²) in [5.74, 6) is -2.30. The number of carbonyl (C=O) groups is 3. The minimum Gasteiger partial charge on any atom is -0.463 e. The molecule has 0 saturated carbocycles. The van der Waals surface area contributed by atoms with E-state index >= 15 is 0 Å². The molecular formula is C22H36N2O10. The summed E-state index contributed by atoms with van der Waals surface area (Å²) in [7, 11) is 3.31. The maximum absolute atomic E-state index is 12.2. The van der Waals surface area contributed by atoms with Crippen LogP contribution < -0.4 is 10.6 Å². The molecule has 0 bridgehead atoms. The van der Waals surface area contributed by atoms with Gasteiger partial charge in [-0.15, -0.1) is 0 Å². The molecule has 0 aromatic heterocycles. The number of aliphatic hydroxyl groups is 2. The molecule has 0 saturated heterocycles. The van der Waals surface area contributed by atoms with Crippen LogP contribution in [0.25, 0.3) is 0 Å². The van der Waals surface area contributed by atoms with Crippen LogP contribution in [0.2, 0.25) is 0 Å². The molecule has 0 radical (unpaired) electrons. The Labute approximate surface area is 199 Å². The van der Waals surface area contributed by atoms with Gasteiger partial charge in [0.25, 0.3) is 0 Å². The van der Waals surface area contributed by atoms with Crippen LogP contribution in [0.1, 0.15) is 20.3 Å². The fraction of sp³-hybridized carbons (Fsp3) is 0.591. The first-order valence-electron chi connectivity index (χ1n) is 10.5. The predicted molar refractivity (Wildman–Crippen MR) is 121 cm³/mol. The van der Waals surface area contributed by atoms with Gasteiger partial charge in [-0.25, -0.2) is 9.59 Å². The highest BCUT2D eigenvalue weighted by molar-refractivity contribution is 5.88. The van der Waals surface area contributed by atoms with Gasteiger partial charge in [0.2, 0.25) is 0 Å². The monoisotopic (exact) mass is 488 g/mol. The molecule has 4 atom stereocenters. The van der Waals surface area contributed by atoms with Crippen molar-refractivity contribution in [2.24, 2.45) is 0 Å². The molecule has 0 spiro atoms. The summed E-state index contributed by atoms with van der Waals surface area (Å²) < 4.78 is 15.5. The number of hydrogen-bond acceptors (Lipinski definition) is 12. The van der Waals surface area contributed by atoms with E-state index in [1.165, 1.54) is 13.8 Å². The largest absolute Gasteiger partial charge is 0.463 e. The highest BCUT2D eigenvalue weighted by atomic mass is 17.2. The van der Waals surface area contributed by atoms with Crippen molar-refractivity contribution in [1.29, 1.82) is 0 Å². The van der Waals surface area contributed by atoms with Gasteiger partial charge in [0.15, 0.2) is 12.2 Å². The summed E-state index contributed by atoms with van der Waals surface area (Å²) in [6.45, 7) is 12.7. The minimum absolute atomic E-state index is 0.0188. The summed E-state index contributed by atoms with van der Waals surface area (Å²) in [5, 5.41) is 26.8. The highest BCUT2D eigenvalue weighted by Crippen LogP contribution is 2.18. The molecule has 0 aromatic rings. The zero-order chi connectivity index (χ0) is 26.3. The van der Waals surface area contributed by atoms with Crippen LogP contribution in [-0.4, -0.2) is 92.9 Å². The van der Waals surface area contributed by atoms with Gasteiger partial charge in [-0.05, 0) is 27.9 Å². The standard InChI is InChI=1S/C22H36N2O10/c1-13(2)21(28)32-19(16(25)11-30-18(27)8-9-23-6)20(33-22(29)14(3)4)17(26)12-31-34-15(5)10-24-7/h16-17,19-20,23-26H,1,3,5,8-12H2,2,4,6-7H3. The van der Waals surface area contributed by atoms with E-state index < -0.39 is 55.5 Å². The van der Waals surface area contributed by atoms with Gasteiger partial charge in [0, 0.05) is 17.7 Å². The summed E-state index contributed by atoms with van der Waals surface area (Å²) in [4.78, 5) is 46.0. The van der Waals surface area contributed by atoms with Crippen LogP contribution in [0, 0.1) is 0 Å². The van der Waals surface area contributed by atoms with Crippen molar-refractivity contribution >= 4 is 17.9 Å². The van der Waals surface area contributed by atoms with Crippen molar-refractivity contribution in [3.8, 4) is 0 Å². The van der Waals surface area contributed by atoms with Crippen LogP contribution in [0.3, 0.4) is 0 Å². The molecular weight excluding hydrogens is 452 g/mol. The van der Waals surface area contributed by atoms with Crippen molar-refractivity contribution in [1.82, 2.24) is 10.6 Å². The molecule has 0 heterocycles. The first kappa shape index (κ1) is 31.2. The van der Waals surface area contributed by atoms with Gasteiger partial charge < -0.3 is 39.9 Å². The second-order valence-corrected chi connectivity index (χ2v) is 7.41. The molecule has 12 heteroatoms. The topological polar surface area (TPSA) is 162 Å². The lowest BCUT2D eigenvalue weighted by Gasteiger charge is -2.32. The van der Waals surface area contributed by atoms with Gasteiger partial charge in [0.1, 0.15) is 31.2 Å². The summed E-state index contributed by atoms with van der Waals surface area (Å²) in [6.07, 6.45) is -6.62. The fourth-order valence-electron chi connectivity index (χ4n) is 2.26. The molecule has 0 aliphatic rings. The molecule has 0 fully saturated rings. The third kappa shape index (κ3) is 12.5. The molecule has 4 N–H and O–H groups in total.